The summed E-state index contributed by atoms with van der Waals surface area (Å²) >= 11 is 0. The van der Waals surface area contributed by atoms with Crippen LogP contribution in [0.25, 0.3) is 33.5 Å². The van der Waals surface area contributed by atoms with Gasteiger partial charge in [-0.1, -0.05) is 6.92 Å². The largest absolute Gasteiger partial charge is 0.378 e. The number of anilines is 5. The Balaban J connectivity index is 1.11. The third kappa shape index (κ3) is 5.08. The van der Waals surface area contributed by atoms with Gasteiger partial charge in [0.05, 0.1) is 41.8 Å². The van der Waals surface area contributed by atoms with Crippen LogP contribution in [0, 0.1) is 0 Å². The lowest BCUT2D eigenvalue weighted by molar-refractivity contribution is 0.122. The summed E-state index contributed by atoms with van der Waals surface area (Å²) in [6.07, 6.45) is 8.21. The second-order valence-corrected chi connectivity index (χ2v) is 10.3. The highest BCUT2D eigenvalue weighted by atomic mass is 16.5. The number of aromatic nitrogens is 6. The van der Waals surface area contributed by atoms with Gasteiger partial charge >= 0.3 is 0 Å². The van der Waals surface area contributed by atoms with Gasteiger partial charge in [0.1, 0.15) is 11.6 Å². The van der Waals surface area contributed by atoms with Crippen molar-refractivity contribution in [2.75, 3.05) is 48.5 Å². The average Bonchev–Trinajstić information content (AvgIpc) is 3.49. The number of nitrogens with zero attached hydrogens (tertiary/aromatic N) is 7. The van der Waals surface area contributed by atoms with Gasteiger partial charge in [-0.15, -0.1) is 0 Å². The Hall–Kier alpha value is -5.09. The summed E-state index contributed by atoms with van der Waals surface area (Å²) in [5.74, 6) is 1.46. The number of aromatic amines is 1. The van der Waals surface area contributed by atoms with Crippen LogP contribution in [0.15, 0.2) is 79.4 Å². The number of ether oxygens (including phenoxy) is 1. The first kappa shape index (κ1) is 25.8. The zero-order valence-electron chi connectivity index (χ0n) is 23.6. The van der Waals surface area contributed by atoms with Crippen LogP contribution in [0.3, 0.4) is 0 Å². The molecule has 10 nitrogen and oxygen atoms in total. The summed E-state index contributed by atoms with van der Waals surface area (Å²) in [5, 5.41) is 4.53. The number of pyridine rings is 4. The van der Waals surface area contributed by atoms with Crippen LogP contribution in [-0.4, -0.2) is 63.3 Å². The van der Waals surface area contributed by atoms with Gasteiger partial charge in [-0.3, -0.25) is 9.97 Å². The van der Waals surface area contributed by atoms with Crippen LogP contribution < -0.4 is 15.1 Å². The number of morpholine rings is 1. The fourth-order valence-electron chi connectivity index (χ4n) is 5.23. The van der Waals surface area contributed by atoms with Crippen molar-refractivity contribution in [3.8, 4) is 11.4 Å². The lowest BCUT2D eigenvalue weighted by Crippen LogP contribution is -2.36. The Morgan fingerprint density at radius 1 is 0.905 bits per heavy atom. The van der Waals surface area contributed by atoms with E-state index in [1.165, 1.54) is 5.69 Å². The van der Waals surface area contributed by atoms with Crippen molar-refractivity contribution in [2.24, 2.45) is 0 Å². The van der Waals surface area contributed by atoms with Crippen molar-refractivity contribution in [3.63, 3.8) is 0 Å². The molecule has 7 rings (SSSR count). The zero-order chi connectivity index (χ0) is 28.5. The molecule has 10 heteroatoms. The summed E-state index contributed by atoms with van der Waals surface area (Å²) in [7, 11) is 2.03. The summed E-state index contributed by atoms with van der Waals surface area (Å²) in [5.41, 5.74) is 8.54. The van der Waals surface area contributed by atoms with Gasteiger partial charge in [0.15, 0.2) is 5.65 Å². The first-order valence-corrected chi connectivity index (χ1v) is 14.1. The van der Waals surface area contributed by atoms with Crippen molar-refractivity contribution in [1.29, 1.82) is 0 Å². The number of nitrogens with one attached hydrogen (secondary N) is 2. The van der Waals surface area contributed by atoms with E-state index in [0.717, 1.165) is 89.1 Å². The number of aryl methyl sites for hydroxylation is 1. The highest BCUT2D eigenvalue weighted by Crippen LogP contribution is 2.30. The van der Waals surface area contributed by atoms with Crippen LogP contribution in [0.4, 0.5) is 28.6 Å². The van der Waals surface area contributed by atoms with Crippen molar-refractivity contribution >= 4 is 50.6 Å². The number of benzene rings is 1. The lowest BCUT2D eigenvalue weighted by Gasteiger charge is -2.29. The van der Waals surface area contributed by atoms with Crippen LogP contribution >= 0.6 is 0 Å². The van der Waals surface area contributed by atoms with E-state index in [9.17, 15) is 0 Å². The van der Waals surface area contributed by atoms with Crippen molar-refractivity contribution in [3.05, 3.63) is 85.1 Å². The molecule has 2 N–H and O–H groups in total. The zero-order valence-corrected chi connectivity index (χ0v) is 23.6. The highest BCUT2D eigenvalue weighted by molar-refractivity contribution is 5.95. The monoisotopic (exact) mass is 557 g/mol. The number of hydrogen-bond donors (Lipinski definition) is 2. The van der Waals surface area contributed by atoms with E-state index in [4.69, 9.17) is 9.72 Å². The summed E-state index contributed by atoms with van der Waals surface area (Å²) < 4.78 is 5.52. The van der Waals surface area contributed by atoms with E-state index < -0.39 is 0 Å². The Morgan fingerprint density at radius 2 is 1.79 bits per heavy atom. The molecule has 0 saturated carbocycles. The second-order valence-electron chi connectivity index (χ2n) is 10.3. The van der Waals surface area contributed by atoms with Gasteiger partial charge in [0, 0.05) is 66.7 Å². The molecule has 1 aliphatic heterocycles. The number of fused-ring (bicyclic) bond motifs is 2. The van der Waals surface area contributed by atoms with E-state index in [1.807, 2.05) is 56.1 Å². The minimum atomic E-state index is 0.660. The molecule has 1 fully saturated rings. The van der Waals surface area contributed by atoms with E-state index in [2.05, 4.69) is 77.3 Å². The molecule has 210 valence electrons. The molecule has 42 heavy (non-hydrogen) atoms. The maximum Gasteiger partial charge on any atom is 0.178 e. The molecule has 6 aromatic rings. The SMILES string of the molecule is CCc1cc(N(C)c2cnc3nc(-c4ccc(Nc5ccnc6ccc(N7CCOCC7)cc56)nc4)[nH]c3c2)ccn1. The summed E-state index contributed by atoms with van der Waals surface area (Å²) in [4.78, 5) is 30.8. The van der Waals surface area contributed by atoms with Gasteiger partial charge in [-0.2, -0.15) is 0 Å². The fourth-order valence-corrected chi connectivity index (χ4v) is 5.23. The minimum Gasteiger partial charge on any atom is -0.378 e. The van der Waals surface area contributed by atoms with Gasteiger partial charge in [0.2, 0.25) is 0 Å². The van der Waals surface area contributed by atoms with Gasteiger partial charge in [-0.25, -0.2) is 15.0 Å². The standard InChI is InChI=1S/C32H31N9O/c1-3-22-16-23(8-10-33-22)40(2)25-18-29-32(36-20-25)39-31(38-29)21-4-7-30(35-19-21)37-28-9-11-34-27-6-5-24(17-26(27)28)41-12-14-42-15-13-41/h4-11,16-20H,3,12-15H2,1-2H3,(H,34,35,37)(H,36,38,39). The average molecular weight is 558 g/mol. The van der Waals surface area contributed by atoms with Crippen LogP contribution in [-0.2, 0) is 11.2 Å². The molecule has 1 aromatic carbocycles. The predicted molar refractivity (Wildman–Crippen MR) is 167 cm³/mol. The third-order valence-electron chi connectivity index (χ3n) is 7.66. The fraction of sp³-hybridized carbons (Fsp3) is 0.219. The molecular weight excluding hydrogens is 526 g/mol. The molecule has 0 atom stereocenters. The number of H-pyrrole nitrogens is 1. The molecule has 5 aromatic heterocycles. The molecule has 0 bridgehead atoms. The van der Waals surface area contributed by atoms with Crippen molar-refractivity contribution in [2.45, 2.75) is 13.3 Å². The Labute approximate surface area is 243 Å². The molecule has 6 heterocycles. The quantitative estimate of drug-likeness (QED) is 0.249. The van der Waals surface area contributed by atoms with Gasteiger partial charge in [-0.05, 0) is 61.0 Å². The van der Waals surface area contributed by atoms with E-state index in [-0.39, 0.29) is 0 Å². The normalized spacial score (nSPS) is 13.5. The lowest BCUT2D eigenvalue weighted by atomic mass is 10.1. The van der Waals surface area contributed by atoms with E-state index >= 15 is 0 Å². The minimum absolute atomic E-state index is 0.660. The predicted octanol–water partition coefficient (Wildman–Crippen LogP) is 5.87. The van der Waals surface area contributed by atoms with Gasteiger partial charge < -0.3 is 24.8 Å². The first-order valence-electron chi connectivity index (χ1n) is 14.1. The highest BCUT2D eigenvalue weighted by Gasteiger charge is 2.14. The summed E-state index contributed by atoms with van der Waals surface area (Å²) in [6.45, 7) is 5.37. The second kappa shape index (κ2) is 11.1. The molecule has 0 aliphatic carbocycles. The third-order valence-corrected chi connectivity index (χ3v) is 7.66. The first-order chi connectivity index (χ1) is 20.6. The number of hydrogen-bond acceptors (Lipinski definition) is 9. The Bertz CT molecular complexity index is 1860. The molecule has 1 aliphatic rings. The topological polar surface area (TPSA) is 108 Å². The molecule has 0 amide bonds. The number of imidazole rings is 1. The van der Waals surface area contributed by atoms with Crippen LogP contribution in [0.1, 0.15) is 12.6 Å². The van der Waals surface area contributed by atoms with Crippen molar-refractivity contribution < 1.29 is 4.74 Å². The molecule has 0 radical (unpaired) electrons. The molecule has 0 spiro atoms. The smallest absolute Gasteiger partial charge is 0.178 e. The maximum atomic E-state index is 5.52. The van der Waals surface area contributed by atoms with E-state index in [1.54, 1.807) is 0 Å². The van der Waals surface area contributed by atoms with Crippen LogP contribution in [0.5, 0.6) is 0 Å². The van der Waals surface area contributed by atoms with Crippen LogP contribution in [0.2, 0.25) is 0 Å². The molecule has 1 saturated heterocycles. The Kier molecular flexibility index (Phi) is 6.81. The van der Waals surface area contributed by atoms with Gasteiger partial charge in [0.25, 0.3) is 0 Å². The Morgan fingerprint density at radius 3 is 2.62 bits per heavy atom. The molecular formula is C32H31N9O. The number of rotatable bonds is 7. The van der Waals surface area contributed by atoms with Crippen molar-refractivity contribution in [1.82, 2.24) is 29.9 Å². The molecule has 0 unspecified atom stereocenters. The van der Waals surface area contributed by atoms with E-state index in [0.29, 0.717) is 5.65 Å². The summed E-state index contributed by atoms with van der Waals surface area (Å²) in [6, 6.07) is 18.5. The maximum absolute atomic E-state index is 5.52.